The van der Waals surface area contributed by atoms with Gasteiger partial charge in [-0.2, -0.15) is 0 Å². The Kier molecular flexibility index (Phi) is 2.30. The van der Waals surface area contributed by atoms with E-state index in [9.17, 15) is 0 Å². The molecule has 1 rings (SSSR count). The van der Waals surface area contributed by atoms with Gasteiger partial charge in [0.05, 0.1) is 6.26 Å². The van der Waals surface area contributed by atoms with Gasteiger partial charge >= 0.3 is 0 Å². The van der Waals surface area contributed by atoms with Gasteiger partial charge in [-0.05, 0) is 12.0 Å². The first kappa shape index (κ1) is 6.29. The van der Waals surface area contributed by atoms with Crippen molar-refractivity contribution in [2.24, 2.45) is 5.92 Å². The summed E-state index contributed by atoms with van der Waals surface area (Å²) in [5, 5.41) is 9.06. The van der Waals surface area contributed by atoms with Crippen molar-refractivity contribution in [3.63, 3.8) is 0 Å². The zero-order valence-corrected chi connectivity index (χ0v) is 6.16. The Balaban J connectivity index is 2.34. The van der Waals surface area contributed by atoms with Gasteiger partial charge in [-0.15, -0.1) is 0 Å². The fourth-order valence-electron chi connectivity index (χ4n) is 1.12. The molecular weight excluding hydrogens is 127 g/mol. The first-order valence-corrected chi connectivity index (χ1v) is 3.61. The van der Waals surface area contributed by atoms with Crippen LogP contribution in [0, 0.1) is 5.92 Å². The van der Waals surface area contributed by atoms with Crippen LogP contribution in [0.2, 0.25) is 6.30 Å². The topological polar surface area (TPSA) is 29.5 Å². The van der Waals surface area contributed by atoms with Crippen LogP contribution < -0.4 is 0 Å². The van der Waals surface area contributed by atoms with E-state index in [1.807, 2.05) is 13.9 Å². The average Bonchev–Trinajstić information content (AvgIpc) is 1.85. The van der Waals surface area contributed by atoms with Crippen LogP contribution in [0.25, 0.3) is 0 Å². The van der Waals surface area contributed by atoms with Crippen molar-refractivity contribution in [1.82, 2.24) is 0 Å². The van der Waals surface area contributed by atoms with E-state index in [4.69, 9.17) is 11.2 Å². The van der Waals surface area contributed by atoms with Crippen molar-refractivity contribution in [3.05, 3.63) is 12.3 Å². The minimum Gasteiger partial charge on any atom is -0.473 e. The summed E-state index contributed by atoms with van der Waals surface area (Å²) in [6, 6.07) is 0. The van der Waals surface area contributed by atoms with E-state index >= 15 is 0 Å². The lowest BCUT2D eigenvalue weighted by Crippen LogP contribution is -2.17. The summed E-state index contributed by atoms with van der Waals surface area (Å²) in [5.74, 6) is 0.311. The van der Waals surface area contributed by atoms with Crippen molar-refractivity contribution in [2.45, 2.75) is 25.4 Å². The SMILES string of the molecule is [2H]C(B)CC1C=COC(O)C1. The van der Waals surface area contributed by atoms with Crippen molar-refractivity contribution in [2.75, 3.05) is 0 Å². The summed E-state index contributed by atoms with van der Waals surface area (Å²) in [6.07, 6.45) is 4.15. The molecule has 0 spiro atoms. The van der Waals surface area contributed by atoms with E-state index in [1.54, 1.807) is 0 Å². The molecule has 0 radical (unpaired) electrons. The maximum atomic E-state index is 9.06. The Morgan fingerprint density at radius 1 is 1.90 bits per heavy atom. The highest BCUT2D eigenvalue weighted by molar-refractivity contribution is 6.08. The maximum absolute atomic E-state index is 9.06. The first-order chi connectivity index (χ1) is 5.18. The van der Waals surface area contributed by atoms with Crippen molar-refractivity contribution in [3.8, 4) is 0 Å². The Morgan fingerprint density at radius 2 is 2.70 bits per heavy atom. The molecule has 0 aromatic carbocycles. The van der Waals surface area contributed by atoms with Crippen molar-refractivity contribution >= 4 is 7.85 Å². The number of hydrogen-bond donors (Lipinski definition) is 1. The zero-order chi connectivity index (χ0) is 8.27. The third-order valence-electron chi connectivity index (χ3n) is 1.63. The molecule has 56 valence electrons. The van der Waals surface area contributed by atoms with Gasteiger partial charge in [0.1, 0.15) is 7.85 Å². The molecule has 1 N–H and O–H groups in total. The summed E-state index contributed by atoms with van der Waals surface area (Å²) in [7, 11) is 1.86. The molecule has 1 heterocycles. The van der Waals surface area contributed by atoms with Gasteiger partial charge < -0.3 is 9.84 Å². The predicted molar refractivity (Wildman–Crippen MR) is 42.3 cm³/mol. The molecule has 0 amide bonds. The minimum atomic E-state index is -0.663. The number of hydrogen-bond acceptors (Lipinski definition) is 2. The molecule has 10 heavy (non-hydrogen) atoms. The Morgan fingerprint density at radius 3 is 3.30 bits per heavy atom. The highest BCUT2D eigenvalue weighted by Gasteiger charge is 2.14. The molecule has 0 saturated carbocycles. The highest BCUT2D eigenvalue weighted by Crippen LogP contribution is 2.19. The van der Waals surface area contributed by atoms with E-state index in [0.717, 1.165) is 6.42 Å². The van der Waals surface area contributed by atoms with Crippen LogP contribution in [0.4, 0.5) is 0 Å². The lowest BCUT2D eigenvalue weighted by Gasteiger charge is -2.20. The van der Waals surface area contributed by atoms with E-state index < -0.39 is 6.29 Å². The lowest BCUT2D eigenvalue weighted by molar-refractivity contribution is -0.0724. The average molecular weight is 141 g/mol. The normalized spacial score (nSPS) is 36.3. The van der Waals surface area contributed by atoms with Gasteiger partial charge in [0, 0.05) is 7.79 Å². The largest absolute Gasteiger partial charge is 0.473 e. The molecule has 2 nitrogen and oxygen atoms in total. The lowest BCUT2D eigenvalue weighted by atomic mass is 9.90. The van der Waals surface area contributed by atoms with Crippen LogP contribution in [0.1, 0.15) is 14.2 Å². The van der Waals surface area contributed by atoms with Crippen LogP contribution in [-0.4, -0.2) is 19.2 Å². The first-order valence-electron chi connectivity index (χ1n) is 4.18. The van der Waals surface area contributed by atoms with Gasteiger partial charge in [0.15, 0.2) is 6.29 Å². The molecule has 0 aromatic rings. The van der Waals surface area contributed by atoms with E-state index in [2.05, 4.69) is 0 Å². The number of allylic oxidation sites excluding steroid dienone is 1. The number of ether oxygens (including phenoxy) is 1. The molecule has 3 unspecified atom stereocenters. The predicted octanol–water partition coefficient (Wildman–Crippen LogP) is 0.296. The maximum Gasteiger partial charge on any atom is 0.197 e. The summed E-state index contributed by atoms with van der Waals surface area (Å²) in [5.41, 5.74) is 0. The van der Waals surface area contributed by atoms with Crippen LogP contribution in [0.5, 0.6) is 0 Å². The molecule has 3 heteroatoms. The standard InChI is InChI=1S/C7H13BO2/c8-3-1-6-2-4-10-7(9)5-6/h2,4,6-7,9H,1,3,5,8H2/i3D. The second-order valence-corrected chi connectivity index (χ2v) is 2.56. The van der Waals surface area contributed by atoms with Gasteiger partial charge in [-0.1, -0.05) is 12.7 Å². The number of aliphatic hydroxyl groups excluding tert-OH is 1. The molecule has 1 aliphatic heterocycles. The van der Waals surface area contributed by atoms with Crippen LogP contribution in [-0.2, 0) is 4.74 Å². The van der Waals surface area contributed by atoms with E-state index in [0.29, 0.717) is 12.3 Å². The van der Waals surface area contributed by atoms with E-state index in [1.165, 1.54) is 6.26 Å². The van der Waals surface area contributed by atoms with Gasteiger partial charge in [-0.3, -0.25) is 0 Å². The molecule has 3 atom stereocenters. The summed E-state index contributed by atoms with van der Waals surface area (Å²) >= 11 is 0. The van der Waals surface area contributed by atoms with Crippen molar-refractivity contribution in [1.29, 1.82) is 0 Å². The molecule has 0 fully saturated rings. The van der Waals surface area contributed by atoms with Gasteiger partial charge in [-0.25, -0.2) is 0 Å². The van der Waals surface area contributed by atoms with Gasteiger partial charge in [0.25, 0.3) is 0 Å². The van der Waals surface area contributed by atoms with Crippen LogP contribution >= 0.6 is 0 Å². The second kappa shape index (κ2) is 3.66. The molecule has 0 aromatic heterocycles. The third-order valence-corrected chi connectivity index (χ3v) is 1.63. The summed E-state index contributed by atoms with van der Waals surface area (Å²) < 4.78 is 12.1. The number of rotatable bonds is 2. The highest BCUT2D eigenvalue weighted by atomic mass is 16.6. The van der Waals surface area contributed by atoms with E-state index in [-0.39, 0.29) is 6.30 Å². The Labute approximate surface area is 63.7 Å². The van der Waals surface area contributed by atoms with Gasteiger partial charge in [0.2, 0.25) is 0 Å². The fourth-order valence-corrected chi connectivity index (χ4v) is 1.12. The molecule has 0 saturated heterocycles. The van der Waals surface area contributed by atoms with Crippen LogP contribution in [0.3, 0.4) is 0 Å². The molecule has 0 bridgehead atoms. The molecule has 0 aliphatic carbocycles. The van der Waals surface area contributed by atoms with Crippen molar-refractivity contribution < 1.29 is 11.2 Å². The quantitative estimate of drug-likeness (QED) is 0.560. The molecular formula is C7H13BO2. The monoisotopic (exact) mass is 141 g/mol. The Hall–Kier alpha value is -0.435. The minimum absolute atomic E-state index is 0.0602. The smallest absolute Gasteiger partial charge is 0.197 e. The van der Waals surface area contributed by atoms with Crippen LogP contribution in [0.15, 0.2) is 12.3 Å². The third kappa shape index (κ3) is 2.07. The summed E-state index contributed by atoms with van der Waals surface area (Å²) in [4.78, 5) is 0. The second-order valence-electron chi connectivity index (χ2n) is 2.56. The Bertz CT molecular complexity index is 149. The number of aliphatic hydroxyl groups is 1. The summed E-state index contributed by atoms with van der Waals surface area (Å²) in [6.45, 7) is 0. The zero-order valence-electron chi connectivity index (χ0n) is 7.16. The fraction of sp³-hybridized carbons (Fsp3) is 0.714. The molecule has 1 aliphatic rings.